The molecule has 0 heterocycles. The van der Waals surface area contributed by atoms with E-state index in [9.17, 15) is 4.79 Å². The number of rotatable bonds is 7. The fourth-order valence-corrected chi connectivity index (χ4v) is 1.88. The number of carbonyl (C=O) groups is 1. The maximum Gasteiger partial charge on any atom is 0.311 e. The van der Waals surface area contributed by atoms with E-state index in [1.807, 2.05) is 32.0 Å². The van der Waals surface area contributed by atoms with Crippen molar-refractivity contribution in [3.8, 4) is 5.75 Å². The van der Waals surface area contributed by atoms with E-state index in [2.05, 4.69) is 6.92 Å². The first-order valence-electron chi connectivity index (χ1n) is 6.92. The molecule has 0 N–H and O–H groups in total. The summed E-state index contributed by atoms with van der Waals surface area (Å²) in [5.74, 6) is 0.591. The van der Waals surface area contributed by atoms with Gasteiger partial charge in [-0.3, -0.25) is 4.79 Å². The summed E-state index contributed by atoms with van der Waals surface area (Å²) in [6.45, 7) is 6.20. The molecule has 2 nitrogen and oxygen atoms in total. The lowest BCUT2D eigenvalue weighted by Gasteiger charge is -2.09. The van der Waals surface area contributed by atoms with E-state index in [1.54, 1.807) is 0 Å². The average Bonchev–Trinajstić information content (AvgIpc) is 2.35. The minimum absolute atomic E-state index is 0.111. The van der Waals surface area contributed by atoms with Crippen molar-refractivity contribution >= 4 is 5.97 Å². The smallest absolute Gasteiger partial charge is 0.311 e. The first-order chi connectivity index (χ1) is 8.65. The summed E-state index contributed by atoms with van der Waals surface area (Å²) in [6.07, 6.45) is 6.28. The third-order valence-corrected chi connectivity index (χ3v) is 3.26. The first-order valence-corrected chi connectivity index (χ1v) is 6.92. The average molecular weight is 248 g/mol. The number of carbonyl (C=O) groups excluding carboxylic acids is 1. The molecule has 2 heteroatoms. The van der Waals surface area contributed by atoms with Crippen LogP contribution in [0.15, 0.2) is 18.2 Å². The Kier molecular flexibility index (Phi) is 6.48. The zero-order chi connectivity index (χ0) is 13.4. The van der Waals surface area contributed by atoms with Crippen LogP contribution in [0.3, 0.4) is 0 Å². The molecule has 18 heavy (non-hydrogen) atoms. The first kappa shape index (κ1) is 14.7. The van der Waals surface area contributed by atoms with Crippen molar-refractivity contribution < 1.29 is 9.53 Å². The van der Waals surface area contributed by atoms with Gasteiger partial charge >= 0.3 is 5.97 Å². The highest BCUT2D eigenvalue weighted by Crippen LogP contribution is 2.21. The van der Waals surface area contributed by atoms with Crippen LogP contribution in [0.4, 0.5) is 0 Å². The van der Waals surface area contributed by atoms with Gasteiger partial charge in [-0.15, -0.1) is 0 Å². The van der Waals surface area contributed by atoms with Gasteiger partial charge in [-0.25, -0.2) is 0 Å². The molecule has 1 rings (SSSR count). The Bertz CT molecular complexity index is 383. The number of hydrogen-bond acceptors (Lipinski definition) is 2. The van der Waals surface area contributed by atoms with Crippen LogP contribution < -0.4 is 4.74 Å². The monoisotopic (exact) mass is 248 g/mol. The maximum atomic E-state index is 11.7. The van der Waals surface area contributed by atoms with Gasteiger partial charge in [0.15, 0.2) is 0 Å². The largest absolute Gasteiger partial charge is 0.426 e. The number of esters is 1. The number of aryl methyl sites for hydroxylation is 1. The molecule has 0 amide bonds. The van der Waals surface area contributed by atoms with E-state index in [4.69, 9.17) is 4.74 Å². The third kappa shape index (κ3) is 4.91. The van der Waals surface area contributed by atoms with Crippen molar-refractivity contribution in [2.24, 2.45) is 0 Å². The van der Waals surface area contributed by atoms with Crippen LogP contribution in [0.2, 0.25) is 0 Å². The fraction of sp³-hybridized carbons (Fsp3) is 0.562. The van der Waals surface area contributed by atoms with E-state index in [1.165, 1.54) is 19.3 Å². The Morgan fingerprint density at radius 3 is 2.56 bits per heavy atom. The van der Waals surface area contributed by atoms with Crippen LogP contribution >= 0.6 is 0 Å². The lowest BCUT2D eigenvalue weighted by atomic mass is 10.1. The van der Waals surface area contributed by atoms with Gasteiger partial charge in [0.25, 0.3) is 0 Å². The summed E-state index contributed by atoms with van der Waals surface area (Å²) in [5.41, 5.74) is 2.21. The number of benzene rings is 1. The predicted molar refractivity (Wildman–Crippen MR) is 74.9 cm³/mol. The Morgan fingerprint density at radius 2 is 1.83 bits per heavy atom. The summed E-state index contributed by atoms with van der Waals surface area (Å²) >= 11 is 0. The van der Waals surface area contributed by atoms with E-state index in [-0.39, 0.29) is 5.97 Å². The SMILES string of the molecule is CCCCCCCC(=O)Oc1cccc(C)c1C. The second-order valence-electron chi connectivity index (χ2n) is 4.84. The Labute approximate surface area is 110 Å². The normalized spacial score (nSPS) is 10.4. The van der Waals surface area contributed by atoms with Gasteiger partial charge in [0.1, 0.15) is 5.75 Å². The minimum atomic E-state index is -0.111. The van der Waals surface area contributed by atoms with Gasteiger partial charge in [0, 0.05) is 6.42 Å². The molecule has 0 aliphatic rings. The van der Waals surface area contributed by atoms with E-state index in [0.29, 0.717) is 12.2 Å². The predicted octanol–water partition coefficient (Wildman–Crippen LogP) is 4.57. The van der Waals surface area contributed by atoms with Crippen molar-refractivity contribution in [1.82, 2.24) is 0 Å². The molecular weight excluding hydrogens is 224 g/mol. The van der Waals surface area contributed by atoms with Crippen LogP contribution in [0, 0.1) is 13.8 Å². The number of unbranched alkanes of at least 4 members (excludes halogenated alkanes) is 4. The standard InChI is InChI=1S/C16H24O2/c1-4-5-6-7-8-12-16(17)18-15-11-9-10-13(2)14(15)3/h9-11H,4-8,12H2,1-3H3. The number of ether oxygens (including phenoxy) is 1. The highest BCUT2D eigenvalue weighted by Gasteiger charge is 2.07. The third-order valence-electron chi connectivity index (χ3n) is 3.26. The van der Waals surface area contributed by atoms with Crippen LogP contribution in [-0.2, 0) is 4.79 Å². The Hall–Kier alpha value is -1.31. The summed E-state index contributed by atoms with van der Waals surface area (Å²) in [5, 5.41) is 0. The zero-order valence-corrected chi connectivity index (χ0v) is 11.8. The van der Waals surface area contributed by atoms with Crippen LogP contribution in [0.1, 0.15) is 56.6 Å². The molecule has 0 aromatic heterocycles. The summed E-state index contributed by atoms with van der Waals surface area (Å²) in [7, 11) is 0. The molecule has 0 fully saturated rings. The molecule has 0 aliphatic heterocycles. The van der Waals surface area contributed by atoms with Crippen LogP contribution in [0.25, 0.3) is 0 Å². The van der Waals surface area contributed by atoms with Crippen molar-refractivity contribution in [3.05, 3.63) is 29.3 Å². The van der Waals surface area contributed by atoms with E-state index in [0.717, 1.165) is 24.0 Å². The summed E-state index contributed by atoms with van der Waals surface area (Å²) in [4.78, 5) is 11.7. The van der Waals surface area contributed by atoms with Crippen molar-refractivity contribution in [2.75, 3.05) is 0 Å². The van der Waals surface area contributed by atoms with Gasteiger partial charge in [-0.2, -0.15) is 0 Å². The fourth-order valence-electron chi connectivity index (χ4n) is 1.88. The van der Waals surface area contributed by atoms with Crippen molar-refractivity contribution in [2.45, 2.75) is 59.3 Å². The van der Waals surface area contributed by atoms with Gasteiger partial charge in [-0.05, 0) is 37.5 Å². The molecule has 0 bridgehead atoms. The highest BCUT2D eigenvalue weighted by molar-refractivity contribution is 5.72. The topological polar surface area (TPSA) is 26.3 Å². The molecule has 0 atom stereocenters. The molecule has 1 aromatic rings. The minimum Gasteiger partial charge on any atom is -0.426 e. The van der Waals surface area contributed by atoms with Gasteiger partial charge in [0.05, 0.1) is 0 Å². The molecule has 100 valence electrons. The molecule has 0 spiro atoms. The molecule has 0 saturated carbocycles. The zero-order valence-electron chi connectivity index (χ0n) is 11.8. The molecule has 0 unspecified atom stereocenters. The Morgan fingerprint density at radius 1 is 1.11 bits per heavy atom. The van der Waals surface area contributed by atoms with Gasteiger partial charge in [-0.1, -0.05) is 44.7 Å². The van der Waals surface area contributed by atoms with E-state index >= 15 is 0 Å². The lowest BCUT2D eigenvalue weighted by Crippen LogP contribution is -2.08. The lowest BCUT2D eigenvalue weighted by molar-refractivity contribution is -0.134. The Balaban J connectivity index is 2.34. The highest BCUT2D eigenvalue weighted by atomic mass is 16.5. The van der Waals surface area contributed by atoms with Gasteiger partial charge in [0.2, 0.25) is 0 Å². The second-order valence-corrected chi connectivity index (χ2v) is 4.84. The molecular formula is C16H24O2. The quantitative estimate of drug-likeness (QED) is 0.401. The van der Waals surface area contributed by atoms with E-state index < -0.39 is 0 Å². The van der Waals surface area contributed by atoms with Crippen molar-refractivity contribution in [1.29, 1.82) is 0 Å². The molecule has 0 saturated heterocycles. The number of hydrogen-bond donors (Lipinski definition) is 0. The molecule has 0 radical (unpaired) electrons. The molecule has 0 aliphatic carbocycles. The van der Waals surface area contributed by atoms with Crippen molar-refractivity contribution in [3.63, 3.8) is 0 Å². The maximum absolute atomic E-state index is 11.7. The van der Waals surface area contributed by atoms with Gasteiger partial charge < -0.3 is 4.74 Å². The van der Waals surface area contributed by atoms with Crippen LogP contribution in [0.5, 0.6) is 5.75 Å². The summed E-state index contributed by atoms with van der Waals surface area (Å²) in [6, 6.07) is 5.81. The van der Waals surface area contributed by atoms with Crippen LogP contribution in [-0.4, -0.2) is 5.97 Å². The summed E-state index contributed by atoms with van der Waals surface area (Å²) < 4.78 is 5.39. The molecule has 1 aromatic carbocycles. The second kappa shape index (κ2) is 7.91.